The maximum Gasteiger partial charge on any atom is 0.177 e. The second-order valence-corrected chi connectivity index (χ2v) is 4.11. The summed E-state index contributed by atoms with van der Waals surface area (Å²) in [6.07, 6.45) is 4.62. The lowest BCUT2D eigenvalue weighted by Crippen LogP contribution is -2.27. The molecule has 66 valence electrons. The molecule has 1 fully saturated rings. The second-order valence-electron chi connectivity index (χ2n) is 3.73. The highest BCUT2D eigenvalue weighted by atomic mass is 32.1. The molecule has 0 amide bonds. The molecule has 0 aliphatic heterocycles. The quantitative estimate of drug-likeness (QED) is 0.662. The SMILES string of the molecule is Cc1c[nH]c(=S)n1C1CCC1C. The lowest BCUT2D eigenvalue weighted by molar-refractivity contribution is 0.197. The molecule has 2 rings (SSSR count). The maximum atomic E-state index is 5.21. The number of imidazole rings is 1. The summed E-state index contributed by atoms with van der Waals surface area (Å²) in [5, 5.41) is 0. The van der Waals surface area contributed by atoms with Crippen molar-refractivity contribution in [1.82, 2.24) is 9.55 Å². The first-order chi connectivity index (χ1) is 5.70. The van der Waals surface area contributed by atoms with Crippen molar-refractivity contribution < 1.29 is 0 Å². The summed E-state index contributed by atoms with van der Waals surface area (Å²) in [4.78, 5) is 3.08. The number of hydrogen-bond acceptors (Lipinski definition) is 1. The van der Waals surface area contributed by atoms with Crippen LogP contribution in [0.25, 0.3) is 0 Å². The summed E-state index contributed by atoms with van der Waals surface area (Å²) in [5.41, 5.74) is 1.26. The number of nitrogens with zero attached hydrogens (tertiary/aromatic N) is 1. The third-order valence-corrected chi connectivity index (χ3v) is 3.22. The van der Waals surface area contributed by atoms with Gasteiger partial charge < -0.3 is 9.55 Å². The summed E-state index contributed by atoms with van der Waals surface area (Å²) in [6, 6.07) is 0.656. The molecule has 0 spiro atoms. The van der Waals surface area contributed by atoms with Crippen LogP contribution in [-0.4, -0.2) is 9.55 Å². The van der Waals surface area contributed by atoms with Crippen molar-refractivity contribution in [3.8, 4) is 0 Å². The molecule has 0 radical (unpaired) electrons. The van der Waals surface area contributed by atoms with E-state index >= 15 is 0 Å². The molecule has 1 aromatic heterocycles. The van der Waals surface area contributed by atoms with Crippen molar-refractivity contribution in [3.63, 3.8) is 0 Å². The lowest BCUT2D eigenvalue weighted by atomic mass is 9.81. The van der Waals surface area contributed by atoms with Crippen molar-refractivity contribution in [2.24, 2.45) is 5.92 Å². The summed E-state index contributed by atoms with van der Waals surface area (Å²) >= 11 is 5.21. The Morgan fingerprint density at radius 1 is 1.58 bits per heavy atom. The highest BCUT2D eigenvalue weighted by molar-refractivity contribution is 7.71. The fourth-order valence-electron chi connectivity index (χ4n) is 1.91. The van der Waals surface area contributed by atoms with Gasteiger partial charge in [0.05, 0.1) is 0 Å². The van der Waals surface area contributed by atoms with Gasteiger partial charge in [-0.2, -0.15) is 0 Å². The van der Waals surface area contributed by atoms with E-state index in [0.717, 1.165) is 10.7 Å². The van der Waals surface area contributed by atoms with E-state index in [1.165, 1.54) is 18.5 Å². The van der Waals surface area contributed by atoms with Gasteiger partial charge in [-0.25, -0.2) is 0 Å². The Labute approximate surface area is 77.6 Å². The second kappa shape index (κ2) is 2.73. The van der Waals surface area contributed by atoms with Crippen molar-refractivity contribution in [2.75, 3.05) is 0 Å². The van der Waals surface area contributed by atoms with Gasteiger partial charge in [-0.3, -0.25) is 0 Å². The Hall–Kier alpha value is -0.570. The minimum absolute atomic E-state index is 0.656. The van der Waals surface area contributed by atoms with Gasteiger partial charge in [0, 0.05) is 17.9 Å². The molecule has 1 aliphatic rings. The molecule has 1 aliphatic carbocycles. The third kappa shape index (κ3) is 1.04. The van der Waals surface area contributed by atoms with Crippen LogP contribution in [0.1, 0.15) is 31.5 Å². The summed E-state index contributed by atoms with van der Waals surface area (Å²) < 4.78 is 3.13. The van der Waals surface area contributed by atoms with E-state index in [9.17, 15) is 0 Å². The van der Waals surface area contributed by atoms with Crippen LogP contribution >= 0.6 is 12.2 Å². The molecule has 2 unspecified atom stereocenters. The van der Waals surface area contributed by atoms with Gasteiger partial charge in [0.2, 0.25) is 0 Å². The van der Waals surface area contributed by atoms with E-state index in [1.54, 1.807) is 0 Å². The Kier molecular flexibility index (Phi) is 1.83. The number of aromatic amines is 1. The zero-order chi connectivity index (χ0) is 8.72. The molecule has 1 heterocycles. The smallest absolute Gasteiger partial charge is 0.177 e. The predicted octanol–water partition coefficient (Wildman–Crippen LogP) is 2.83. The van der Waals surface area contributed by atoms with Gasteiger partial charge in [-0.15, -0.1) is 0 Å². The zero-order valence-corrected chi connectivity index (χ0v) is 8.32. The van der Waals surface area contributed by atoms with Crippen molar-refractivity contribution >= 4 is 12.2 Å². The number of hydrogen-bond donors (Lipinski definition) is 1. The monoisotopic (exact) mass is 182 g/mol. The number of rotatable bonds is 1. The normalized spacial score (nSPS) is 28.5. The molecule has 3 heteroatoms. The standard InChI is InChI=1S/C9H14N2S/c1-6-3-4-8(6)11-7(2)5-10-9(11)12/h5-6,8H,3-4H2,1-2H3,(H,10,12). The minimum atomic E-state index is 0.656. The number of H-pyrrole nitrogens is 1. The third-order valence-electron chi connectivity index (χ3n) is 2.91. The van der Waals surface area contributed by atoms with E-state index in [1.807, 2.05) is 6.20 Å². The molecule has 12 heavy (non-hydrogen) atoms. The largest absolute Gasteiger partial charge is 0.337 e. The van der Waals surface area contributed by atoms with Crippen LogP contribution in [0.5, 0.6) is 0 Å². The molecular formula is C9H14N2S. The number of nitrogens with one attached hydrogen (secondary N) is 1. The fourth-order valence-corrected chi connectivity index (χ4v) is 2.25. The highest BCUT2D eigenvalue weighted by Crippen LogP contribution is 2.38. The molecule has 0 bridgehead atoms. The Morgan fingerprint density at radius 3 is 2.67 bits per heavy atom. The molecule has 1 saturated carbocycles. The van der Waals surface area contributed by atoms with Crippen LogP contribution in [0, 0.1) is 17.6 Å². The van der Waals surface area contributed by atoms with Gasteiger partial charge in [0.1, 0.15) is 0 Å². The van der Waals surface area contributed by atoms with Crippen molar-refractivity contribution in [1.29, 1.82) is 0 Å². The molecule has 2 nitrogen and oxygen atoms in total. The first-order valence-corrected chi connectivity index (χ1v) is 4.87. The van der Waals surface area contributed by atoms with E-state index in [-0.39, 0.29) is 0 Å². The number of aromatic nitrogens is 2. The summed E-state index contributed by atoms with van der Waals surface area (Å²) in [6.45, 7) is 4.40. The molecular weight excluding hydrogens is 168 g/mol. The topological polar surface area (TPSA) is 20.7 Å². The van der Waals surface area contributed by atoms with E-state index < -0.39 is 0 Å². The van der Waals surface area contributed by atoms with Crippen LogP contribution in [0.4, 0.5) is 0 Å². The van der Waals surface area contributed by atoms with Crippen LogP contribution in [0.15, 0.2) is 6.20 Å². The molecule has 2 atom stereocenters. The first-order valence-electron chi connectivity index (χ1n) is 4.46. The van der Waals surface area contributed by atoms with Crippen LogP contribution in [-0.2, 0) is 0 Å². The highest BCUT2D eigenvalue weighted by Gasteiger charge is 2.29. The van der Waals surface area contributed by atoms with E-state index in [2.05, 4.69) is 23.4 Å². The van der Waals surface area contributed by atoms with Gasteiger partial charge in [-0.1, -0.05) is 6.92 Å². The van der Waals surface area contributed by atoms with E-state index in [4.69, 9.17) is 12.2 Å². The van der Waals surface area contributed by atoms with Gasteiger partial charge in [0.25, 0.3) is 0 Å². The minimum Gasteiger partial charge on any atom is -0.337 e. The van der Waals surface area contributed by atoms with Crippen LogP contribution in [0.3, 0.4) is 0 Å². The van der Waals surface area contributed by atoms with Gasteiger partial charge >= 0.3 is 0 Å². The zero-order valence-electron chi connectivity index (χ0n) is 7.50. The molecule has 1 N–H and O–H groups in total. The number of aryl methyl sites for hydroxylation is 1. The van der Waals surface area contributed by atoms with Gasteiger partial charge in [-0.05, 0) is 37.9 Å². The average Bonchev–Trinajstić information content (AvgIpc) is 2.33. The maximum absolute atomic E-state index is 5.21. The fraction of sp³-hybridized carbons (Fsp3) is 0.667. The lowest BCUT2D eigenvalue weighted by Gasteiger charge is -2.35. The van der Waals surface area contributed by atoms with E-state index in [0.29, 0.717) is 6.04 Å². The Bertz CT molecular complexity index is 337. The summed E-state index contributed by atoms with van der Waals surface area (Å²) in [5.74, 6) is 0.797. The predicted molar refractivity (Wildman–Crippen MR) is 51.8 cm³/mol. The van der Waals surface area contributed by atoms with Crippen molar-refractivity contribution in [3.05, 3.63) is 16.7 Å². The Morgan fingerprint density at radius 2 is 2.33 bits per heavy atom. The van der Waals surface area contributed by atoms with Crippen molar-refractivity contribution in [2.45, 2.75) is 32.7 Å². The molecule has 0 aromatic carbocycles. The van der Waals surface area contributed by atoms with Crippen LogP contribution in [0.2, 0.25) is 0 Å². The van der Waals surface area contributed by atoms with Gasteiger partial charge in [0.15, 0.2) is 4.77 Å². The Balaban J connectivity index is 2.38. The van der Waals surface area contributed by atoms with Crippen LogP contribution < -0.4 is 0 Å². The summed E-state index contributed by atoms with van der Waals surface area (Å²) in [7, 11) is 0. The first kappa shape index (κ1) is 8.05. The average molecular weight is 182 g/mol. The molecule has 1 aromatic rings. The molecule has 0 saturated heterocycles.